The summed E-state index contributed by atoms with van der Waals surface area (Å²) in [5, 5.41) is 4.65. The molecule has 0 radical (unpaired) electrons. The zero-order valence-corrected chi connectivity index (χ0v) is 18.3. The van der Waals surface area contributed by atoms with Crippen LogP contribution in [0.5, 0.6) is 0 Å². The quantitative estimate of drug-likeness (QED) is 0.539. The average Bonchev–Trinajstić information content (AvgIpc) is 3.31. The average molecular weight is 459 g/mol. The molecule has 0 spiro atoms. The predicted octanol–water partition coefficient (Wildman–Crippen LogP) is 5.02. The lowest BCUT2D eigenvalue weighted by Gasteiger charge is -2.33. The number of hydrogen-bond donors (Lipinski definition) is 1. The first-order valence-electron chi connectivity index (χ1n) is 10.5. The number of piperidine rings is 1. The minimum atomic E-state index is -0.617. The highest BCUT2D eigenvalue weighted by Crippen LogP contribution is 2.27. The molecule has 1 aromatic carbocycles. The van der Waals surface area contributed by atoms with Crippen LogP contribution in [0.15, 0.2) is 47.3 Å². The normalized spacial score (nSPS) is 14.4. The number of nitrogens with one attached hydrogen (secondary N) is 1. The van der Waals surface area contributed by atoms with Crippen molar-refractivity contribution in [3.05, 3.63) is 64.6 Å². The molecule has 9 heteroatoms. The Balaban J connectivity index is 1.23. The Morgan fingerprint density at radius 3 is 2.69 bits per heavy atom. The largest absolute Gasteiger partial charge is 0.443 e. The van der Waals surface area contributed by atoms with Crippen LogP contribution in [0.3, 0.4) is 0 Å². The summed E-state index contributed by atoms with van der Waals surface area (Å²) in [4.78, 5) is 22.7. The second-order valence-electron chi connectivity index (χ2n) is 7.74. The molecule has 6 nitrogen and oxygen atoms in total. The van der Waals surface area contributed by atoms with Gasteiger partial charge in [-0.15, -0.1) is 11.3 Å². The van der Waals surface area contributed by atoms with Crippen molar-refractivity contribution in [1.29, 1.82) is 0 Å². The molecule has 1 fully saturated rings. The third-order valence-corrected chi connectivity index (χ3v) is 6.12. The molecular formula is C23H24F2N4O2S. The standard InChI is InChI=1S/C23H24F2N4O2S/c24-18-10-17(11-19(25)12-18)21-2-1-3-22(28-21)29-8-5-16(6-9-29)4-7-26-23(30)31-13-20-14-32-15-27-20/h1-3,10-12,14-16H,4-9,13H2,(H,26,30). The van der Waals surface area contributed by atoms with Gasteiger partial charge in [-0.2, -0.15) is 0 Å². The summed E-state index contributed by atoms with van der Waals surface area (Å²) in [5.41, 5.74) is 3.42. The van der Waals surface area contributed by atoms with E-state index in [9.17, 15) is 13.6 Å². The van der Waals surface area contributed by atoms with Gasteiger partial charge < -0.3 is 15.0 Å². The fraction of sp³-hybridized carbons (Fsp3) is 0.348. The molecule has 32 heavy (non-hydrogen) atoms. The lowest BCUT2D eigenvalue weighted by Crippen LogP contribution is -2.35. The molecule has 3 aromatic rings. The van der Waals surface area contributed by atoms with Gasteiger partial charge in [0, 0.05) is 36.6 Å². The number of nitrogens with zero attached hydrogens (tertiary/aromatic N) is 3. The Bertz CT molecular complexity index is 1020. The summed E-state index contributed by atoms with van der Waals surface area (Å²) in [6.45, 7) is 2.43. The summed E-state index contributed by atoms with van der Waals surface area (Å²) < 4.78 is 32.3. The number of ether oxygens (including phenoxy) is 1. The molecule has 1 N–H and O–H groups in total. The second-order valence-corrected chi connectivity index (χ2v) is 8.46. The topological polar surface area (TPSA) is 67.4 Å². The maximum absolute atomic E-state index is 13.6. The highest BCUT2D eigenvalue weighted by atomic mass is 32.1. The van der Waals surface area contributed by atoms with Crippen molar-refractivity contribution < 1.29 is 18.3 Å². The first kappa shape index (κ1) is 22.1. The van der Waals surface area contributed by atoms with E-state index in [-0.39, 0.29) is 6.61 Å². The van der Waals surface area contributed by atoms with Gasteiger partial charge in [0.25, 0.3) is 0 Å². The van der Waals surface area contributed by atoms with Crippen LogP contribution in [0, 0.1) is 17.6 Å². The predicted molar refractivity (Wildman–Crippen MR) is 119 cm³/mol. The van der Waals surface area contributed by atoms with E-state index in [0.717, 1.165) is 49.9 Å². The first-order valence-corrected chi connectivity index (χ1v) is 11.5. The number of rotatable bonds is 7. The van der Waals surface area contributed by atoms with E-state index in [1.807, 2.05) is 17.5 Å². The van der Waals surface area contributed by atoms with Crippen LogP contribution in [0.2, 0.25) is 0 Å². The molecule has 2 aromatic heterocycles. The molecule has 1 amide bonds. The van der Waals surface area contributed by atoms with Gasteiger partial charge in [-0.25, -0.2) is 23.5 Å². The summed E-state index contributed by atoms with van der Waals surface area (Å²) in [6, 6.07) is 8.96. The van der Waals surface area contributed by atoms with Gasteiger partial charge in [0.1, 0.15) is 24.1 Å². The molecule has 168 valence electrons. The van der Waals surface area contributed by atoms with E-state index >= 15 is 0 Å². The van der Waals surface area contributed by atoms with Gasteiger partial charge in [-0.3, -0.25) is 0 Å². The van der Waals surface area contributed by atoms with Crippen LogP contribution in [0.4, 0.5) is 19.4 Å². The number of pyridine rings is 1. The number of thiazole rings is 1. The maximum Gasteiger partial charge on any atom is 0.407 e. The van der Waals surface area contributed by atoms with Crippen LogP contribution in [-0.4, -0.2) is 35.7 Å². The van der Waals surface area contributed by atoms with E-state index in [1.54, 1.807) is 11.6 Å². The number of hydrogen-bond acceptors (Lipinski definition) is 6. The van der Waals surface area contributed by atoms with Gasteiger partial charge in [-0.05, 0) is 49.4 Å². The molecule has 0 unspecified atom stereocenters. The number of aromatic nitrogens is 2. The molecule has 0 aliphatic carbocycles. The van der Waals surface area contributed by atoms with E-state index in [2.05, 4.69) is 20.2 Å². The van der Waals surface area contributed by atoms with Crippen LogP contribution in [0.25, 0.3) is 11.3 Å². The van der Waals surface area contributed by atoms with Crippen LogP contribution in [-0.2, 0) is 11.3 Å². The molecule has 0 saturated carbocycles. The summed E-state index contributed by atoms with van der Waals surface area (Å²) in [7, 11) is 0. The summed E-state index contributed by atoms with van der Waals surface area (Å²) in [6.07, 6.45) is 2.42. The van der Waals surface area contributed by atoms with E-state index < -0.39 is 17.7 Å². The molecule has 1 saturated heterocycles. The number of amides is 1. The third kappa shape index (κ3) is 6.00. The Labute approximate surface area is 189 Å². The van der Waals surface area contributed by atoms with Crippen molar-refractivity contribution in [3.63, 3.8) is 0 Å². The SMILES string of the molecule is O=C(NCCC1CCN(c2cccc(-c3cc(F)cc(F)c3)n2)CC1)OCc1cscn1. The molecular weight excluding hydrogens is 434 g/mol. The number of carbonyl (C=O) groups is 1. The summed E-state index contributed by atoms with van der Waals surface area (Å²) >= 11 is 1.47. The number of anilines is 1. The second kappa shape index (κ2) is 10.5. The Morgan fingerprint density at radius 2 is 1.97 bits per heavy atom. The molecule has 0 atom stereocenters. The first-order chi connectivity index (χ1) is 15.6. The van der Waals surface area contributed by atoms with Crippen molar-refractivity contribution in [3.8, 4) is 11.3 Å². The van der Waals surface area contributed by atoms with E-state index in [0.29, 0.717) is 23.7 Å². The van der Waals surface area contributed by atoms with Gasteiger partial charge in [0.05, 0.1) is 16.9 Å². The van der Waals surface area contributed by atoms with Crippen LogP contribution in [0.1, 0.15) is 25.0 Å². The van der Waals surface area contributed by atoms with Crippen molar-refractivity contribution in [2.75, 3.05) is 24.5 Å². The molecule has 3 heterocycles. The number of halogens is 2. The third-order valence-electron chi connectivity index (χ3n) is 5.49. The summed E-state index contributed by atoms with van der Waals surface area (Å²) in [5.74, 6) is 0.0715. The zero-order chi connectivity index (χ0) is 22.3. The van der Waals surface area contributed by atoms with Crippen LogP contribution < -0.4 is 10.2 Å². The Hall–Kier alpha value is -3.07. The van der Waals surface area contributed by atoms with Gasteiger partial charge in [-0.1, -0.05) is 6.07 Å². The molecule has 4 rings (SSSR count). The smallest absolute Gasteiger partial charge is 0.407 e. The fourth-order valence-corrected chi connectivity index (χ4v) is 4.33. The lowest BCUT2D eigenvalue weighted by molar-refractivity contribution is 0.137. The van der Waals surface area contributed by atoms with E-state index in [4.69, 9.17) is 4.74 Å². The maximum atomic E-state index is 13.6. The lowest BCUT2D eigenvalue weighted by atomic mass is 9.93. The minimum absolute atomic E-state index is 0.183. The Morgan fingerprint density at radius 1 is 1.19 bits per heavy atom. The highest BCUT2D eigenvalue weighted by molar-refractivity contribution is 7.07. The minimum Gasteiger partial charge on any atom is -0.443 e. The van der Waals surface area contributed by atoms with Gasteiger partial charge in [0.2, 0.25) is 0 Å². The zero-order valence-electron chi connectivity index (χ0n) is 17.5. The molecule has 1 aliphatic rings. The number of benzene rings is 1. The van der Waals surface area contributed by atoms with Crippen molar-refractivity contribution in [2.45, 2.75) is 25.9 Å². The molecule has 1 aliphatic heterocycles. The number of alkyl carbamates (subject to hydrolysis) is 1. The molecule has 0 bridgehead atoms. The van der Waals surface area contributed by atoms with Gasteiger partial charge >= 0.3 is 6.09 Å². The van der Waals surface area contributed by atoms with Gasteiger partial charge in [0.15, 0.2) is 0 Å². The monoisotopic (exact) mass is 458 g/mol. The number of carbonyl (C=O) groups excluding carboxylic acids is 1. The van der Waals surface area contributed by atoms with Crippen molar-refractivity contribution in [2.24, 2.45) is 5.92 Å². The van der Waals surface area contributed by atoms with Crippen molar-refractivity contribution in [1.82, 2.24) is 15.3 Å². The van der Waals surface area contributed by atoms with Crippen LogP contribution >= 0.6 is 11.3 Å². The Kier molecular flexibility index (Phi) is 7.26. The fourth-order valence-electron chi connectivity index (χ4n) is 3.79. The van der Waals surface area contributed by atoms with Crippen molar-refractivity contribution >= 4 is 23.2 Å². The highest BCUT2D eigenvalue weighted by Gasteiger charge is 2.20. The van der Waals surface area contributed by atoms with E-state index in [1.165, 1.54) is 23.5 Å².